The molecule has 0 saturated heterocycles. The molecule has 0 amide bonds. The fourth-order valence-electron chi connectivity index (χ4n) is 2.16. The molecule has 0 bridgehead atoms. The van der Waals surface area contributed by atoms with Gasteiger partial charge in [-0.15, -0.1) is 0 Å². The summed E-state index contributed by atoms with van der Waals surface area (Å²) in [6.45, 7) is 0. The smallest absolute Gasteiger partial charge is 0.161 e. The molecule has 3 rings (SSSR count). The Labute approximate surface area is 116 Å². The van der Waals surface area contributed by atoms with Crippen LogP contribution in [0.15, 0.2) is 54.9 Å². The fourth-order valence-corrected chi connectivity index (χ4v) is 2.16. The zero-order valence-electron chi connectivity index (χ0n) is 11.0. The lowest BCUT2D eigenvalue weighted by molar-refractivity contribution is 0.373. The molecule has 20 heavy (non-hydrogen) atoms. The summed E-state index contributed by atoms with van der Waals surface area (Å²) in [4.78, 5) is 7.53. The first-order chi connectivity index (χ1) is 9.79. The van der Waals surface area contributed by atoms with Crippen LogP contribution in [-0.2, 0) is 0 Å². The van der Waals surface area contributed by atoms with E-state index in [0.717, 1.165) is 22.5 Å². The molecule has 0 saturated carbocycles. The van der Waals surface area contributed by atoms with E-state index in [9.17, 15) is 5.11 Å². The number of imidazole rings is 1. The van der Waals surface area contributed by atoms with Crippen molar-refractivity contribution >= 4 is 0 Å². The number of aromatic amines is 1. The van der Waals surface area contributed by atoms with Crippen LogP contribution in [0.4, 0.5) is 0 Å². The van der Waals surface area contributed by atoms with Gasteiger partial charge in [0.25, 0.3) is 0 Å². The summed E-state index contributed by atoms with van der Waals surface area (Å²) in [6.07, 6.45) is 1.66. The first-order valence-electron chi connectivity index (χ1n) is 6.26. The third kappa shape index (κ3) is 2.12. The van der Waals surface area contributed by atoms with Crippen LogP contribution < -0.4 is 4.74 Å². The highest BCUT2D eigenvalue weighted by Gasteiger charge is 2.12. The summed E-state index contributed by atoms with van der Waals surface area (Å²) in [5.41, 5.74) is 3.72. The summed E-state index contributed by atoms with van der Waals surface area (Å²) in [6, 6.07) is 15.2. The van der Waals surface area contributed by atoms with Crippen LogP contribution in [0.25, 0.3) is 22.5 Å². The van der Waals surface area contributed by atoms with E-state index in [1.807, 2.05) is 36.4 Å². The van der Waals surface area contributed by atoms with Crippen molar-refractivity contribution in [3.63, 3.8) is 0 Å². The lowest BCUT2D eigenvalue weighted by Crippen LogP contribution is -1.87. The second kappa shape index (κ2) is 5.09. The molecule has 2 aromatic carbocycles. The van der Waals surface area contributed by atoms with E-state index in [1.54, 1.807) is 18.5 Å². The van der Waals surface area contributed by atoms with Gasteiger partial charge in [0.15, 0.2) is 11.5 Å². The minimum Gasteiger partial charge on any atom is -0.504 e. The highest BCUT2D eigenvalue weighted by atomic mass is 16.5. The van der Waals surface area contributed by atoms with Gasteiger partial charge in [0.05, 0.1) is 24.8 Å². The van der Waals surface area contributed by atoms with Crippen molar-refractivity contribution < 1.29 is 9.84 Å². The Morgan fingerprint density at radius 3 is 2.60 bits per heavy atom. The average Bonchev–Trinajstić information content (AvgIpc) is 2.98. The third-order valence-corrected chi connectivity index (χ3v) is 3.15. The number of ether oxygens (including phenoxy) is 1. The fraction of sp³-hybridized carbons (Fsp3) is 0.0625. The minimum atomic E-state index is 0.119. The topological polar surface area (TPSA) is 58.1 Å². The molecule has 3 aromatic rings. The van der Waals surface area contributed by atoms with Crippen molar-refractivity contribution in [2.45, 2.75) is 0 Å². The Bertz CT molecular complexity index is 720. The number of rotatable bonds is 3. The van der Waals surface area contributed by atoms with Gasteiger partial charge in [-0.25, -0.2) is 4.98 Å². The van der Waals surface area contributed by atoms with Gasteiger partial charge in [0.1, 0.15) is 0 Å². The molecule has 1 aromatic heterocycles. The summed E-state index contributed by atoms with van der Waals surface area (Å²) in [5.74, 6) is 0.553. The van der Waals surface area contributed by atoms with Crippen molar-refractivity contribution in [1.82, 2.24) is 9.97 Å². The van der Waals surface area contributed by atoms with Crippen LogP contribution in [0.3, 0.4) is 0 Å². The van der Waals surface area contributed by atoms with E-state index in [1.165, 1.54) is 7.11 Å². The van der Waals surface area contributed by atoms with Crippen LogP contribution in [-0.4, -0.2) is 22.2 Å². The predicted molar refractivity (Wildman–Crippen MR) is 77.7 cm³/mol. The zero-order valence-corrected chi connectivity index (χ0v) is 11.0. The van der Waals surface area contributed by atoms with Crippen LogP contribution in [0, 0.1) is 0 Å². The van der Waals surface area contributed by atoms with E-state index < -0.39 is 0 Å². The van der Waals surface area contributed by atoms with Gasteiger partial charge in [-0.05, 0) is 18.2 Å². The van der Waals surface area contributed by atoms with Gasteiger partial charge in [-0.1, -0.05) is 30.3 Å². The van der Waals surface area contributed by atoms with Gasteiger partial charge in [0, 0.05) is 11.1 Å². The molecule has 0 aliphatic rings. The molecular weight excluding hydrogens is 252 g/mol. The van der Waals surface area contributed by atoms with E-state index in [0.29, 0.717) is 5.75 Å². The maximum atomic E-state index is 9.67. The summed E-state index contributed by atoms with van der Waals surface area (Å²) in [7, 11) is 1.53. The first kappa shape index (κ1) is 12.3. The number of phenolic OH excluding ortho intramolecular Hbond substituents is 1. The number of aromatic hydroxyl groups is 1. The van der Waals surface area contributed by atoms with E-state index >= 15 is 0 Å². The molecule has 4 nitrogen and oxygen atoms in total. The number of aromatic nitrogens is 2. The lowest BCUT2D eigenvalue weighted by Gasteiger charge is -2.07. The van der Waals surface area contributed by atoms with Gasteiger partial charge < -0.3 is 14.8 Å². The second-order valence-electron chi connectivity index (χ2n) is 4.38. The van der Waals surface area contributed by atoms with Crippen LogP contribution in [0.1, 0.15) is 0 Å². The zero-order chi connectivity index (χ0) is 13.9. The van der Waals surface area contributed by atoms with E-state index in [4.69, 9.17) is 4.74 Å². The Morgan fingerprint density at radius 2 is 1.85 bits per heavy atom. The number of H-pyrrole nitrogens is 1. The van der Waals surface area contributed by atoms with Crippen molar-refractivity contribution in [3.05, 3.63) is 54.9 Å². The van der Waals surface area contributed by atoms with E-state index in [-0.39, 0.29) is 5.75 Å². The molecule has 0 unspecified atom stereocenters. The molecule has 1 heterocycles. The predicted octanol–water partition coefficient (Wildman–Crippen LogP) is 3.46. The Kier molecular flexibility index (Phi) is 3.13. The molecule has 2 N–H and O–H groups in total. The Hall–Kier alpha value is -2.75. The SMILES string of the molecule is COc1cc(-c2nc[nH]c2-c2ccccc2)ccc1O. The number of hydrogen-bond donors (Lipinski definition) is 2. The number of methoxy groups -OCH3 is 1. The maximum absolute atomic E-state index is 9.67. The van der Waals surface area contributed by atoms with Crippen molar-refractivity contribution in [2.75, 3.05) is 7.11 Å². The number of phenols is 1. The molecule has 4 heteroatoms. The Balaban J connectivity index is 2.10. The van der Waals surface area contributed by atoms with Gasteiger partial charge in [-0.2, -0.15) is 0 Å². The lowest BCUT2D eigenvalue weighted by atomic mass is 10.0. The van der Waals surface area contributed by atoms with Gasteiger partial charge in [-0.3, -0.25) is 0 Å². The second-order valence-corrected chi connectivity index (χ2v) is 4.38. The largest absolute Gasteiger partial charge is 0.504 e. The van der Waals surface area contributed by atoms with Crippen molar-refractivity contribution in [2.24, 2.45) is 0 Å². The van der Waals surface area contributed by atoms with Crippen molar-refractivity contribution in [1.29, 1.82) is 0 Å². The summed E-state index contributed by atoms with van der Waals surface area (Å²) < 4.78 is 5.14. The first-order valence-corrected chi connectivity index (χ1v) is 6.26. The highest BCUT2D eigenvalue weighted by Crippen LogP contribution is 2.34. The molecule has 0 atom stereocenters. The highest BCUT2D eigenvalue weighted by molar-refractivity contribution is 5.79. The molecule has 0 spiro atoms. The molecule has 0 aliphatic carbocycles. The Morgan fingerprint density at radius 1 is 1.05 bits per heavy atom. The molecule has 0 fully saturated rings. The number of benzene rings is 2. The maximum Gasteiger partial charge on any atom is 0.161 e. The minimum absolute atomic E-state index is 0.119. The van der Waals surface area contributed by atoms with Crippen LogP contribution >= 0.6 is 0 Å². The summed E-state index contributed by atoms with van der Waals surface area (Å²) >= 11 is 0. The summed E-state index contributed by atoms with van der Waals surface area (Å²) in [5, 5.41) is 9.67. The molecule has 0 radical (unpaired) electrons. The number of nitrogens with zero attached hydrogens (tertiary/aromatic N) is 1. The van der Waals surface area contributed by atoms with Crippen LogP contribution in [0.2, 0.25) is 0 Å². The third-order valence-electron chi connectivity index (χ3n) is 3.15. The quantitative estimate of drug-likeness (QED) is 0.763. The number of nitrogens with one attached hydrogen (secondary N) is 1. The number of hydrogen-bond acceptors (Lipinski definition) is 3. The van der Waals surface area contributed by atoms with E-state index in [2.05, 4.69) is 9.97 Å². The molecular formula is C16H14N2O2. The normalized spacial score (nSPS) is 10.4. The van der Waals surface area contributed by atoms with Gasteiger partial charge >= 0.3 is 0 Å². The molecule has 100 valence electrons. The standard InChI is InChI=1S/C16H14N2O2/c1-20-14-9-12(7-8-13(14)19)16-15(17-10-18-16)11-5-3-2-4-6-11/h2-10,19H,1H3,(H,17,18). The van der Waals surface area contributed by atoms with Crippen LogP contribution in [0.5, 0.6) is 11.5 Å². The van der Waals surface area contributed by atoms with Crippen molar-refractivity contribution in [3.8, 4) is 34.0 Å². The molecule has 0 aliphatic heterocycles. The monoisotopic (exact) mass is 266 g/mol. The average molecular weight is 266 g/mol. The van der Waals surface area contributed by atoms with Gasteiger partial charge in [0.2, 0.25) is 0 Å².